The zero-order valence-corrected chi connectivity index (χ0v) is 14.6. The minimum atomic E-state index is 0.0140. The molecular formula is C19H30N2O2. The summed E-state index contributed by atoms with van der Waals surface area (Å²) in [6, 6.07) is 8.07. The Morgan fingerprint density at radius 1 is 1.30 bits per heavy atom. The number of nitrogens with one attached hydrogen (secondary N) is 2. The number of carbonyl (C=O) groups is 1. The number of hydrogen-bond acceptors (Lipinski definition) is 3. The molecule has 2 N–H and O–H groups in total. The van der Waals surface area contributed by atoms with Crippen LogP contribution < -0.4 is 15.4 Å². The van der Waals surface area contributed by atoms with Gasteiger partial charge in [0.2, 0.25) is 5.91 Å². The van der Waals surface area contributed by atoms with Crippen molar-refractivity contribution >= 4 is 5.91 Å². The van der Waals surface area contributed by atoms with Crippen molar-refractivity contribution in [3.8, 4) is 5.75 Å². The van der Waals surface area contributed by atoms with Gasteiger partial charge >= 0.3 is 0 Å². The van der Waals surface area contributed by atoms with Crippen LogP contribution in [-0.4, -0.2) is 25.6 Å². The quantitative estimate of drug-likeness (QED) is 0.811. The highest BCUT2D eigenvalue weighted by Gasteiger charge is 2.25. The predicted molar refractivity (Wildman–Crippen MR) is 93.5 cm³/mol. The lowest BCUT2D eigenvalue weighted by atomic mass is 9.93. The first-order chi connectivity index (χ1) is 11.1. The van der Waals surface area contributed by atoms with Gasteiger partial charge in [-0.3, -0.25) is 4.79 Å². The second kappa shape index (κ2) is 8.92. The molecule has 0 aromatic heterocycles. The van der Waals surface area contributed by atoms with Crippen LogP contribution in [0.4, 0.5) is 0 Å². The van der Waals surface area contributed by atoms with Gasteiger partial charge in [0.15, 0.2) is 0 Å². The van der Waals surface area contributed by atoms with Crippen molar-refractivity contribution in [1.29, 1.82) is 0 Å². The number of benzene rings is 1. The molecule has 1 atom stereocenters. The molecule has 128 valence electrons. The fraction of sp³-hybridized carbons (Fsp3) is 0.632. The fourth-order valence-electron chi connectivity index (χ4n) is 3.16. The molecule has 1 heterocycles. The summed E-state index contributed by atoms with van der Waals surface area (Å²) >= 11 is 0. The Kier molecular flexibility index (Phi) is 6.90. The van der Waals surface area contributed by atoms with Crippen LogP contribution in [0.5, 0.6) is 5.75 Å². The van der Waals surface area contributed by atoms with E-state index in [4.69, 9.17) is 4.74 Å². The Morgan fingerprint density at radius 2 is 2.00 bits per heavy atom. The van der Waals surface area contributed by atoms with Gasteiger partial charge in [0, 0.05) is 11.5 Å². The van der Waals surface area contributed by atoms with Crippen LogP contribution in [-0.2, 0) is 4.79 Å². The topological polar surface area (TPSA) is 50.4 Å². The third-order valence-corrected chi connectivity index (χ3v) is 4.33. The van der Waals surface area contributed by atoms with Crippen LogP contribution in [0.25, 0.3) is 0 Å². The monoisotopic (exact) mass is 318 g/mol. The fourth-order valence-corrected chi connectivity index (χ4v) is 3.16. The molecule has 0 saturated carbocycles. The third-order valence-electron chi connectivity index (χ3n) is 4.33. The lowest BCUT2D eigenvalue weighted by Gasteiger charge is -2.27. The highest BCUT2D eigenvalue weighted by atomic mass is 16.5. The normalized spacial score (nSPS) is 17.0. The van der Waals surface area contributed by atoms with E-state index in [1.807, 2.05) is 25.1 Å². The van der Waals surface area contributed by atoms with E-state index >= 15 is 0 Å². The molecule has 0 spiro atoms. The van der Waals surface area contributed by atoms with E-state index in [0.29, 0.717) is 12.5 Å². The summed E-state index contributed by atoms with van der Waals surface area (Å²) < 4.78 is 5.77. The number of ether oxygens (including phenoxy) is 1. The summed E-state index contributed by atoms with van der Waals surface area (Å²) in [6.07, 6.45) is 2.77. The molecule has 0 radical (unpaired) electrons. The van der Waals surface area contributed by atoms with E-state index in [1.54, 1.807) is 0 Å². The van der Waals surface area contributed by atoms with Crippen LogP contribution in [0, 0.1) is 11.8 Å². The second-order valence-electron chi connectivity index (χ2n) is 6.69. The van der Waals surface area contributed by atoms with E-state index in [0.717, 1.165) is 43.7 Å². The van der Waals surface area contributed by atoms with Gasteiger partial charge < -0.3 is 15.4 Å². The van der Waals surface area contributed by atoms with Gasteiger partial charge in [0.25, 0.3) is 0 Å². The standard InChI is InChI=1S/C19H30N2O2/c1-4-23-18-8-6-5-7-16(18)17(13-14(2)3)21-19(22)15-9-11-20-12-10-15/h5-8,14-15,17,20H,4,9-13H2,1-3H3,(H,21,22)/t17-/m0/s1. The van der Waals surface area contributed by atoms with Crippen molar-refractivity contribution < 1.29 is 9.53 Å². The maximum atomic E-state index is 12.7. The molecule has 1 amide bonds. The first-order valence-corrected chi connectivity index (χ1v) is 8.84. The lowest BCUT2D eigenvalue weighted by molar-refractivity contribution is -0.126. The van der Waals surface area contributed by atoms with Crippen LogP contribution in [0.15, 0.2) is 24.3 Å². The zero-order valence-electron chi connectivity index (χ0n) is 14.6. The molecule has 1 saturated heterocycles. The third kappa shape index (κ3) is 5.24. The average Bonchev–Trinajstić information content (AvgIpc) is 2.55. The molecule has 0 bridgehead atoms. The number of hydrogen-bond donors (Lipinski definition) is 2. The SMILES string of the molecule is CCOc1ccccc1[C@H](CC(C)C)NC(=O)C1CCNCC1. The molecule has 1 aliphatic rings. The lowest BCUT2D eigenvalue weighted by Crippen LogP contribution is -2.40. The van der Waals surface area contributed by atoms with E-state index < -0.39 is 0 Å². The molecule has 1 fully saturated rings. The molecule has 4 heteroatoms. The summed E-state index contributed by atoms with van der Waals surface area (Å²) in [7, 11) is 0. The van der Waals surface area contributed by atoms with Crippen LogP contribution in [0.2, 0.25) is 0 Å². The molecule has 1 aromatic rings. The van der Waals surface area contributed by atoms with Gasteiger partial charge in [-0.25, -0.2) is 0 Å². The van der Waals surface area contributed by atoms with E-state index in [2.05, 4.69) is 30.5 Å². The van der Waals surface area contributed by atoms with Crippen LogP contribution in [0.3, 0.4) is 0 Å². The molecule has 4 nitrogen and oxygen atoms in total. The van der Waals surface area contributed by atoms with Gasteiger partial charge in [-0.1, -0.05) is 32.0 Å². The summed E-state index contributed by atoms with van der Waals surface area (Å²) in [4.78, 5) is 12.7. The Balaban J connectivity index is 2.14. The van der Waals surface area contributed by atoms with Crippen molar-refractivity contribution in [2.24, 2.45) is 11.8 Å². The molecule has 1 aliphatic heterocycles. The van der Waals surface area contributed by atoms with E-state index in [-0.39, 0.29) is 17.9 Å². The Bertz CT molecular complexity index is 496. The molecule has 23 heavy (non-hydrogen) atoms. The first kappa shape index (κ1) is 17.8. The van der Waals surface area contributed by atoms with E-state index in [1.165, 1.54) is 0 Å². The smallest absolute Gasteiger partial charge is 0.223 e. The van der Waals surface area contributed by atoms with E-state index in [9.17, 15) is 4.79 Å². The number of piperidine rings is 1. The van der Waals surface area contributed by atoms with Gasteiger partial charge in [0.05, 0.1) is 12.6 Å². The molecule has 1 aromatic carbocycles. The van der Waals surface area contributed by atoms with Crippen LogP contribution in [0.1, 0.15) is 51.6 Å². The Morgan fingerprint density at radius 3 is 2.65 bits per heavy atom. The summed E-state index contributed by atoms with van der Waals surface area (Å²) in [5.74, 6) is 1.70. The van der Waals surface area contributed by atoms with Crippen LogP contribution >= 0.6 is 0 Å². The molecule has 2 rings (SSSR count). The van der Waals surface area contributed by atoms with Crippen molar-refractivity contribution in [3.05, 3.63) is 29.8 Å². The number of amides is 1. The van der Waals surface area contributed by atoms with Crippen molar-refractivity contribution in [3.63, 3.8) is 0 Å². The summed E-state index contributed by atoms with van der Waals surface area (Å²) in [5.41, 5.74) is 1.09. The first-order valence-electron chi connectivity index (χ1n) is 8.84. The predicted octanol–water partition coefficient (Wildman–Crippen LogP) is 3.29. The highest BCUT2D eigenvalue weighted by Crippen LogP contribution is 2.30. The van der Waals surface area contributed by atoms with Gasteiger partial charge in [0.1, 0.15) is 5.75 Å². The van der Waals surface area contributed by atoms with Crippen molar-refractivity contribution in [1.82, 2.24) is 10.6 Å². The largest absolute Gasteiger partial charge is 0.494 e. The van der Waals surface area contributed by atoms with Gasteiger partial charge in [-0.2, -0.15) is 0 Å². The van der Waals surface area contributed by atoms with Gasteiger partial charge in [-0.05, 0) is 51.3 Å². The molecule has 0 unspecified atom stereocenters. The maximum absolute atomic E-state index is 12.7. The zero-order chi connectivity index (χ0) is 16.7. The number of carbonyl (C=O) groups excluding carboxylic acids is 1. The Labute approximate surface area is 140 Å². The minimum Gasteiger partial charge on any atom is -0.494 e. The van der Waals surface area contributed by atoms with Crippen molar-refractivity contribution in [2.75, 3.05) is 19.7 Å². The summed E-state index contributed by atoms with van der Waals surface area (Å²) in [5, 5.41) is 6.60. The maximum Gasteiger partial charge on any atom is 0.223 e. The highest BCUT2D eigenvalue weighted by molar-refractivity contribution is 5.79. The van der Waals surface area contributed by atoms with Crippen molar-refractivity contribution in [2.45, 2.75) is 46.1 Å². The Hall–Kier alpha value is -1.55. The average molecular weight is 318 g/mol. The second-order valence-corrected chi connectivity index (χ2v) is 6.69. The number of para-hydroxylation sites is 1. The summed E-state index contributed by atoms with van der Waals surface area (Å²) in [6.45, 7) is 8.86. The minimum absolute atomic E-state index is 0.0140. The number of rotatable bonds is 7. The van der Waals surface area contributed by atoms with Gasteiger partial charge in [-0.15, -0.1) is 0 Å². The molecular weight excluding hydrogens is 288 g/mol. The molecule has 0 aliphatic carbocycles.